The molecule has 1 amide bonds. The van der Waals surface area contributed by atoms with Gasteiger partial charge in [0.2, 0.25) is 5.91 Å². The van der Waals surface area contributed by atoms with Crippen LogP contribution in [0.2, 0.25) is 0 Å². The highest BCUT2D eigenvalue weighted by molar-refractivity contribution is 7.99. The van der Waals surface area contributed by atoms with Crippen LogP contribution in [-0.2, 0) is 17.1 Å². The minimum Gasteiger partial charge on any atom is -0.339 e. The Bertz CT molecular complexity index is 1020. The van der Waals surface area contributed by atoms with Gasteiger partial charge < -0.3 is 4.90 Å². The van der Waals surface area contributed by atoms with E-state index in [1.54, 1.807) is 11.8 Å². The lowest BCUT2D eigenvalue weighted by molar-refractivity contribution is -0.130. The number of halogens is 2. The number of benzene rings is 2. The number of nitrogens with zero attached hydrogens (tertiary/aromatic N) is 6. The molecule has 0 unspecified atom stereocenters. The summed E-state index contributed by atoms with van der Waals surface area (Å²) in [6, 6.07) is 13.7. The maximum absolute atomic E-state index is 13.6. The largest absolute Gasteiger partial charge is 0.339 e. The van der Waals surface area contributed by atoms with Crippen molar-refractivity contribution in [1.29, 1.82) is 0 Å². The Morgan fingerprint density at radius 3 is 2.52 bits per heavy atom. The Morgan fingerprint density at radius 2 is 1.77 bits per heavy atom. The Balaban J connectivity index is 1.26. The first kappa shape index (κ1) is 21.4. The fourth-order valence-corrected chi connectivity index (χ4v) is 4.29. The number of aromatic nitrogens is 4. The summed E-state index contributed by atoms with van der Waals surface area (Å²) < 4.78 is 28.2. The molecule has 0 saturated carbocycles. The summed E-state index contributed by atoms with van der Waals surface area (Å²) in [6.45, 7) is 3.12. The monoisotopic (exact) mass is 444 g/mol. The van der Waals surface area contributed by atoms with Gasteiger partial charge in [0.1, 0.15) is 0 Å². The molecule has 1 aliphatic rings. The predicted octanol–water partition coefficient (Wildman–Crippen LogP) is 2.52. The van der Waals surface area contributed by atoms with Crippen LogP contribution in [0.1, 0.15) is 11.4 Å². The van der Waals surface area contributed by atoms with Gasteiger partial charge in [-0.3, -0.25) is 9.69 Å². The van der Waals surface area contributed by atoms with E-state index < -0.39 is 11.6 Å². The highest BCUT2D eigenvalue weighted by atomic mass is 32.2. The van der Waals surface area contributed by atoms with E-state index in [1.807, 2.05) is 23.1 Å². The van der Waals surface area contributed by atoms with E-state index in [-0.39, 0.29) is 5.91 Å². The van der Waals surface area contributed by atoms with Gasteiger partial charge in [0.25, 0.3) is 0 Å². The zero-order valence-corrected chi connectivity index (χ0v) is 17.6. The summed E-state index contributed by atoms with van der Waals surface area (Å²) in [5.41, 5.74) is 1.58. The molecular formula is C21H22F2N6OS. The molecule has 2 aromatic carbocycles. The van der Waals surface area contributed by atoms with Crippen LogP contribution in [0.4, 0.5) is 8.78 Å². The number of thioether (sulfide) groups is 1. The zero-order chi connectivity index (χ0) is 21.6. The van der Waals surface area contributed by atoms with Crippen molar-refractivity contribution in [2.24, 2.45) is 0 Å². The number of carbonyl (C=O) groups is 1. The van der Waals surface area contributed by atoms with Crippen molar-refractivity contribution < 1.29 is 13.6 Å². The van der Waals surface area contributed by atoms with E-state index in [0.717, 1.165) is 17.9 Å². The van der Waals surface area contributed by atoms with Gasteiger partial charge in [0, 0.05) is 38.0 Å². The van der Waals surface area contributed by atoms with Crippen molar-refractivity contribution in [3.8, 4) is 5.69 Å². The van der Waals surface area contributed by atoms with Crippen molar-refractivity contribution in [1.82, 2.24) is 30.0 Å². The second kappa shape index (κ2) is 9.97. The third-order valence-electron chi connectivity index (χ3n) is 5.11. The van der Waals surface area contributed by atoms with Gasteiger partial charge in [-0.2, -0.15) is 4.68 Å². The molecule has 1 saturated heterocycles. The summed E-state index contributed by atoms with van der Waals surface area (Å²) in [6.07, 6.45) is 0. The van der Waals surface area contributed by atoms with Crippen molar-refractivity contribution in [3.05, 3.63) is 71.6 Å². The summed E-state index contributed by atoms with van der Waals surface area (Å²) >= 11 is 1.62. The molecule has 3 aromatic rings. The van der Waals surface area contributed by atoms with Crippen LogP contribution in [0.5, 0.6) is 0 Å². The summed E-state index contributed by atoms with van der Waals surface area (Å²) in [5.74, 6) is 0.0938. The van der Waals surface area contributed by atoms with Crippen molar-refractivity contribution in [3.63, 3.8) is 0 Å². The molecule has 0 aliphatic carbocycles. The lowest BCUT2D eigenvalue weighted by atomic mass is 10.2. The minimum atomic E-state index is -0.948. The normalized spacial score (nSPS) is 14.7. The van der Waals surface area contributed by atoms with E-state index in [4.69, 9.17) is 0 Å². The predicted molar refractivity (Wildman–Crippen MR) is 114 cm³/mol. The molecule has 2 heterocycles. The number of tetrazole rings is 1. The van der Waals surface area contributed by atoms with E-state index in [1.165, 1.54) is 16.3 Å². The van der Waals surface area contributed by atoms with Gasteiger partial charge in [0.05, 0.1) is 18.0 Å². The average molecular weight is 445 g/mol. The number of hydrogen-bond acceptors (Lipinski definition) is 6. The van der Waals surface area contributed by atoms with Crippen molar-refractivity contribution in [2.45, 2.75) is 12.3 Å². The Labute approximate surface area is 183 Å². The van der Waals surface area contributed by atoms with Crippen LogP contribution in [0.25, 0.3) is 5.69 Å². The molecule has 0 spiro atoms. The van der Waals surface area contributed by atoms with Gasteiger partial charge >= 0.3 is 0 Å². The second-order valence-electron chi connectivity index (χ2n) is 7.24. The molecule has 31 heavy (non-hydrogen) atoms. The molecule has 162 valence electrons. The molecule has 0 N–H and O–H groups in total. The van der Waals surface area contributed by atoms with E-state index in [2.05, 4.69) is 32.6 Å². The highest BCUT2D eigenvalue weighted by Crippen LogP contribution is 2.16. The van der Waals surface area contributed by atoms with E-state index in [0.29, 0.717) is 50.0 Å². The smallest absolute Gasteiger partial charge is 0.232 e. The van der Waals surface area contributed by atoms with Crippen LogP contribution >= 0.6 is 11.8 Å². The van der Waals surface area contributed by atoms with Gasteiger partial charge in [-0.25, -0.2) is 8.78 Å². The molecule has 1 aliphatic heterocycles. The SMILES string of the molecule is O=C(CSCc1ccccc1)N1CCN(Cc2nnnn2-c2ccc(F)c(F)c2)CC1. The quantitative estimate of drug-likeness (QED) is 0.558. The third kappa shape index (κ3) is 5.45. The van der Waals surface area contributed by atoms with E-state index >= 15 is 0 Å². The fourth-order valence-electron chi connectivity index (χ4n) is 3.40. The molecular weight excluding hydrogens is 422 g/mol. The molecule has 1 fully saturated rings. The fraction of sp³-hybridized carbons (Fsp3) is 0.333. The van der Waals surface area contributed by atoms with Gasteiger partial charge in [-0.1, -0.05) is 30.3 Å². The molecule has 1 aromatic heterocycles. The Morgan fingerprint density at radius 1 is 1.00 bits per heavy atom. The third-order valence-corrected chi connectivity index (χ3v) is 6.10. The lowest BCUT2D eigenvalue weighted by Gasteiger charge is -2.34. The molecule has 0 atom stereocenters. The lowest BCUT2D eigenvalue weighted by Crippen LogP contribution is -2.49. The number of carbonyl (C=O) groups excluding carboxylic acids is 1. The number of rotatable bonds is 7. The van der Waals surface area contributed by atoms with Crippen LogP contribution in [-0.4, -0.2) is 67.8 Å². The first-order valence-electron chi connectivity index (χ1n) is 9.94. The highest BCUT2D eigenvalue weighted by Gasteiger charge is 2.23. The maximum Gasteiger partial charge on any atom is 0.232 e. The van der Waals surface area contributed by atoms with Crippen LogP contribution in [0.15, 0.2) is 48.5 Å². The van der Waals surface area contributed by atoms with Crippen molar-refractivity contribution >= 4 is 17.7 Å². The second-order valence-corrected chi connectivity index (χ2v) is 8.23. The minimum absolute atomic E-state index is 0.146. The molecule has 10 heteroatoms. The molecule has 0 bridgehead atoms. The number of piperazine rings is 1. The van der Waals surface area contributed by atoms with Gasteiger partial charge in [-0.15, -0.1) is 16.9 Å². The standard InChI is InChI=1S/C21H22F2N6OS/c22-18-7-6-17(12-19(18)23)29-20(24-25-26-29)13-27-8-10-28(11-9-27)21(30)15-31-14-16-4-2-1-3-5-16/h1-7,12H,8-11,13-15H2. The topological polar surface area (TPSA) is 67.2 Å². The van der Waals surface area contributed by atoms with E-state index in [9.17, 15) is 13.6 Å². The summed E-state index contributed by atoms with van der Waals surface area (Å²) in [5, 5.41) is 11.6. The number of amides is 1. The summed E-state index contributed by atoms with van der Waals surface area (Å²) in [7, 11) is 0. The van der Waals surface area contributed by atoms with Crippen LogP contribution in [0, 0.1) is 11.6 Å². The van der Waals surface area contributed by atoms with Crippen molar-refractivity contribution in [2.75, 3.05) is 31.9 Å². The zero-order valence-electron chi connectivity index (χ0n) is 16.8. The first-order chi connectivity index (χ1) is 15.1. The molecule has 4 rings (SSSR count). The molecule has 0 radical (unpaired) electrons. The van der Waals surface area contributed by atoms with Gasteiger partial charge in [0.15, 0.2) is 17.5 Å². The first-order valence-corrected chi connectivity index (χ1v) is 11.1. The van der Waals surface area contributed by atoms with Crippen LogP contribution in [0.3, 0.4) is 0 Å². The van der Waals surface area contributed by atoms with Gasteiger partial charge in [-0.05, 0) is 28.1 Å². The average Bonchev–Trinajstić information content (AvgIpc) is 3.25. The molecule has 7 nitrogen and oxygen atoms in total. The Hall–Kier alpha value is -2.85. The Kier molecular flexibility index (Phi) is 6.88. The number of hydrogen-bond donors (Lipinski definition) is 0. The van der Waals surface area contributed by atoms with Crippen LogP contribution < -0.4 is 0 Å². The maximum atomic E-state index is 13.6. The summed E-state index contributed by atoms with van der Waals surface area (Å²) in [4.78, 5) is 16.5.